The average Bonchev–Trinajstić information content (AvgIpc) is 2.60. The Hall–Kier alpha value is -2.42. The van der Waals surface area contributed by atoms with Crippen LogP contribution in [0, 0.1) is 20.2 Å². The SMILES string of the molecule is O=C(NC(c1ccc(Cl)cc1)C(Cl)(Cl)[N+](=O)[O-])c1ccc([N+](=O)[O-])cc1. The van der Waals surface area contributed by atoms with Crippen molar-refractivity contribution in [3.63, 3.8) is 0 Å². The Kier molecular flexibility index (Phi) is 6.01. The van der Waals surface area contributed by atoms with Crippen molar-refractivity contribution in [1.29, 1.82) is 0 Å². The van der Waals surface area contributed by atoms with E-state index in [4.69, 9.17) is 34.8 Å². The second-order valence-electron chi connectivity index (χ2n) is 5.11. The molecule has 1 unspecified atom stereocenters. The van der Waals surface area contributed by atoms with Crippen molar-refractivity contribution < 1.29 is 14.6 Å². The molecule has 0 aliphatic heterocycles. The van der Waals surface area contributed by atoms with Crippen molar-refractivity contribution in [3.8, 4) is 0 Å². The number of nitro groups is 2. The van der Waals surface area contributed by atoms with E-state index in [9.17, 15) is 25.0 Å². The molecule has 0 aliphatic carbocycles. The van der Waals surface area contributed by atoms with E-state index in [2.05, 4.69) is 5.32 Å². The minimum atomic E-state index is -2.55. The number of amides is 1. The maximum absolute atomic E-state index is 12.4. The second kappa shape index (κ2) is 7.86. The number of carbonyl (C=O) groups excluding carboxylic acids is 1. The number of hydrogen-bond acceptors (Lipinski definition) is 5. The zero-order valence-electron chi connectivity index (χ0n) is 12.8. The minimum Gasteiger partial charge on any atom is -0.336 e. The summed E-state index contributed by atoms with van der Waals surface area (Å²) >= 11 is 17.5. The zero-order valence-corrected chi connectivity index (χ0v) is 15.0. The van der Waals surface area contributed by atoms with Crippen LogP contribution in [0.2, 0.25) is 5.02 Å². The number of nitrogens with one attached hydrogen (secondary N) is 1. The molecule has 2 aromatic carbocycles. The molecule has 8 nitrogen and oxygen atoms in total. The molecular formula is C15H10Cl3N3O5. The fraction of sp³-hybridized carbons (Fsp3) is 0.133. The molecule has 0 heterocycles. The summed E-state index contributed by atoms with van der Waals surface area (Å²) in [5.41, 5.74) is 0.0959. The molecule has 0 bridgehead atoms. The van der Waals surface area contributed by atoms with Crippen molar-refractivity contribution in [3.05, 3.63) is 84.9 Å². The van der Waals surface area contributed by atoms with Crippen LogP contribution in [-0.2, 0) is 0 Å². The summed E-state index contributed by atoms with van der Waals surface area (Å²) in [6.45, 7) is 0. The van der Waals surface area contributed by atoms with E-state index in [0.717, 1.165) is 12.1 Å². The van der Waals surface area contributed by atoms with Gasteiger partial charge in [-0.25, -0.2) is 0 Å². The summed E-state index contributed by atoms with van der Waals surface area (Å²) in [4.78, 5) is 32.7. The molecule has 1 amide bonds. The van der Waals surface area contributed by atoms with E-state index in [-0.39, 0.29) is 16.8 Å². The molecular weight excluding hydrogens is 409 g/mol. The fourth-order valence-corrected chi connectivity index (χ4v) is 2.57. The third kappa shape index (κ3) is 4.40. The standard InChI is InChI=1S/C15H10Cl3N3O5/c16-11-5-1-9(2-6-11)13(15(17,18)21(25)26)19-14(22)10-3-7-12(8-4-10)20(23)24/h1-8,13H,(H,19,22). The third-order valence-corrected chi connectivity index (χ3v) is 4.37. The molecule has 0 saturated heterocycles. The van der Waals surface area contributed by atoms with E-state index in [1.165, 1.54) is 36.4 Å². The zero-order chi connectivity index (χ0) is 19.5. The molecule has 0 aromatic heterocycles. The van der Waals surface area contributed by atoms with Crippen LogP contribution in [0.1, 0.15) is 22.0 Å². The summed E-state index contributed by atoms with van der Waals surface area (Å²) in [5.74, 6) is -0.743. The minimum absolute atomic E-state index is 0.0436. The van der Waals surface area contributed by atoms with E-state index in [1.54, 1.807) is 0 Å². The number of nitrogens with zero attached hydrogens (tertiary/aromatic N) is 2. The first-order valence-electron chi connectivity index (χ1n) is 6.96. The highest BCUT2D eigenvalue weighted by Crippen LogP contribution is 2.37. The summed E-state index contributed by atoms with van der Waals surface area (Å²) in [5, 5.41) is 24.7. The van der Waals surface area contributed by atoms with Gasteiger partial charge in [-0.2, -0.15) is 0 Å². The topological polar surface area (TPSA) is 115 Å². The molecule has 0 fully saturated rings. The first-order valence-corrected chi connectivity index (χ1v) is 8.09. The number of alkyl halides is 2. The number of benzene rings is 2. The van der Waals surface area contributed by atoms with E-state index >= 15 is 0 Å². The Labute approximate surface area is 162 Å². The lowest BCUT2D eigenvalue weighted by Crippen LogP contribution is -2.43. The van der Waals surface area contributed by atoms with Crippen molar-refractivity contribution >= 4 is 46.4 Å². The van der Waals surface area contributed by atoms with Gasteiger partial charge < -0.3 is 5.32 Å². The maximum atomic E-state index is 12.4. The van der Waals surface area contributed by atoms with Crippen molar-refractivity contribution in [2.24, 2.45) is 0 Å². The normalized spacial score (nSPS) is 12.3. The van der Waals surface area contributed by atoms with Crippen LogP contribution in [0.25, 0.3) is 0 Å². The molecule has 136 valence electrons. The van der Waals surface area contributed by atoms with Gasteiger partial charge in [-0.15, -0.1) is 0 Å². The lowest BCUT2D eigenvalue weighted by Gasteiger charge is -2.24. The number of halogens is 3. The lowest BCUT2D eigenvalue weighted by atomic mass is 10.1. The smallest absolute Gasteiger partial charge is 0.336 e. The number of rotatable bonds is 6. The van der Waals surface area contributed by atoms with Crippen LogP contribution < -0.4 is 5.32 Å². The summed E-state index contributed by atoms with van der Waals surface area (Å²) in [6, 6.07) is 9.09. The van der Waals surface area contributed by atoms with Crippen molar-refractivity contribution in [1.82, 2.24) is 5.32 Å². The lowest BCUT2D eigenvalue weighted by molar-refractivity contribution is -0.521. The summed E-state index contributed by atoms with van der Waals surface area (Å²) in [6.07, 6.45) is 0. The van der Waals surface area contributed by atoms with Crippen LogP contribution >= 0.6 is 34.8 Å². The molecule has 1 N–H and O–H groups in total. The van der Waals surface area contributed by atoms with Gasteiger partial charge in [-0.1, -0.05) is 23.7 Å². The van der Waals surface area contributed by atoms with E-state index < -0.39 is 26.3 Å². The van der Waals surface area contributed by atoms with Gasteiger partial charge in [0.2, 0.25) is 0 Å². The molecule has 0 aliphatic rings. The molecule has 0 saturated carbocycles. The van der Waals surface area contributed by atoms with Crippen molar-refractivity contribution in [2.45, 2.75) is 10.5 Å². The number of non-ortho nitro benzene ring substituents is 1. The molecule has 0 spiro atoms. The number of nitro benzene ring substituents is 1. The molecule has 11 heteroatoms. The first-order chi connectivity index (χ1) is 12.1. The van der Waals surface area contributed by atoms with Gasteiger partial charge >= 0.3 is 4.46 Å². The van der Waals surface area contributed by atoms with Gasteiger partial charge in [-0.05, 0) is 53.0 Å². The summed E-state index contributed by atoms with van der Waals surface area (Å²) < 4.78 is -2.55. The van der Waals surface area contributed by atoms with Crippen LogP contribution in [0.5, 0.6) is 0 Å². The van der Waals surface area contributed by atoms with Gasteiger partial charge in [0.15, 0.2) is 6.04 Å². The van der Waals surface area contributed by atoms with Gasteiger partial charge in [0, 0.05) is 22.7 Å². The highest BCUT2D eigenvalue weighted by molar-refractivity contribution is 6.47. The van der Waals surface area contributed by atoms with Gasteiger partial charge in [-0.3, -0.25) is 25.0 Å². The third-order valence-electron chi connectivity index (χ3n) is 3.41. The fourth-order valence-electron chi connectivity index (χ4n) is 2.08. The molecule has 1 atom stereocenters. The predicted octanol–water partition coefficient (Wildman–Crippen LogP) is 4.13. The van der Waals surface area contributed by atoms with E-state index in [0.29, 0.717) is 5.02 Å². The first kappa shape index (κ1) is 19.9. The Morgan fingerprint density at radius 2 is 1.54 bits per heavy atom. The predicted molar refractivity (Wildman–Crippen MR) is 96.2 cm³/mol. The van der Waals surface area contributed by atoms with Gasteiger partial charge in [0.1, 0.15) is 0 Å². The van der Waals surface area contributed by atoms with Crippen LogP contribution in [0.3, 0.4) is 0 Å². The van der Waals surface area contributed by atoms with Crippen LogP contribution in [-0.4, -0.2) is 20.2 Å². The second-order valence-corrected chi connectivity index (χ2v) is 6.89. The average molecular weight is 419 g/mol. The van der Waals surface area contributed by atoms with Gasteiger partial charge in [0.05, 0.1) is 9.85 Å². The van der Waals surface area contributed by atoms with E-state index in [1.807, 2.05) is 0 Å². The Morgan fingerprint density at radius 3 is 2.00 bits per heavy atom. The Bertz CT molecular complexity index is 841. The molecule has 2 rings (SSSR count). The monoisotopic (exact) mass is 417 g/mol. The largest absolute Gasteiger partial charge is 0.394 e. The molecule has 2 aromatic rings. The van der Waals surface area contributed by atoms with Crippen LogP contribution in [0.4, 0.5) is 5.69 Å². The van der Waals surface area contributed by atoms with Crippen molar-refractivity contribution in [2.75, 3.05) is 0 Å². The molecule has 26 heavy (non-hydrogen) atoms. The van der Waals surface area contributed by atoms with Gasteiger partial charge in [0.25, 0.3) is 11.6 Å². The maximum Gasteiger partial charge on any atom is 0.394 e. The highest BCUT2D eigenvalue weighted by Gasteiger charge is 2.49. The molecule has 0 radical (unpaired) electrons. The number of hydrogen-bond donors (Lipinski definition) is 1. The Morgan fingerprint density at radius 1 is 1.00 bits per heavy atom. The Balaban J connectivity index is 2.34. The summed E-state index contributed by atoms with van der Waals surface area (Å²) in [7, 11) is 0. The number of carbonyl (C=O) groups is 1. The highest BCUT2D eigenvalue weighted by atomic mass is 35.5. The van der Waals surface area contributed by atoms with Crippen LogP contribution in [0.15, 0.2) is 48.5 Å². The quantitative estimate of drug-likeness (QED) is 0.328.